The summed E-state index contributed by atoms with van der Waals surface area (Å²) >= 11 is 24.7. The van der Waals surface area contributed by atoms with Crippen LogP contribution in [0, 0.1) is 48.5 Å². The number of aromatic nitrogens is 2. The molecule has 2 aliphatic carbocycles. The van der Waals surface area contributed by atoms with Gasteiger partial charge in [-0.05, 0) is 261 Å². The van der Waals surface area contributed by atoms with Crippen LogP contribution in [0.4, 0.5) is 0 Å². The second-order valence-corrected chi connectivity index (χ2v) is 65.5. The Hall–Kier alpha value is -5.54. The summed E-state index contributed by atoms with van der Waals surface area (Å²) in [7, 11) is 0. The molecule has 0 amide bonds. The summed E-state index contributed by atoms with van der Waals surface area (Å²) in [5.41, 5.74) is 20.6. The maximum Gasteiger partial charge on any atom is 0.134 e. The zero-order valence-corrected chi connectivity index (χ0v) is 82.5. The number of rotatable bonds is 8. The molecule has 0 radical (unpaired) electrons. The Kier molecular flexibility index (Phi) is 19.7. The van der Waals surface area contributed by atoms with Crippen LogP contribution in [-0.2, 0) is 34.5 Å². The van der Waals surface area contributed by atoms with Crippen molar-refractivity contribution in [1.82, 2.24) is 9.97 Å². The molecule has 0 N–H and O–H groups in total. The summed E-state index contributed by atoms with van der Waals surface area (Å²) in [6.07, 6.45) is 6.80. The fraction of sp³-hybridized carbons (Fsp3) is 0.286. The molecule has 0 fully saturated rings. The predicted molar refractivity (Wildman–Crippen MR) is 526 cm³/mol. The van der Waals surface area contributed by atoms with Gasteiger partial charge in [0, 0.05) is 73.0 Å². The number of benzene rings is 8. The Morgan fingerprint density at radius 1 is 0.327 bits per heavy atom. The zero-order chi connectivity index (χ0) is 79.7. The first-order chi connectivity index (χ1) is 53.3. The second kappa shape index (κ2) is 28.3. The molecule has 0 aliphatic heterocycles. The molecule has 572 valence electrons. The molecule has 0 unspecified atom stereocenters. The van der Waals surface area contributed by atoms with Crippen molar-refractivity contribution >= 4 is 269 Å². The number of hydrogen-bond donors (Lipinski definition) is 0. The number of thiophene rings is 8. The molecule has 0 saturated heterocycles. The van der Waals surface area contributed by atoms with Crippen LogP contribution in [0.1, 0.15) is 169 Å². The average Bonchev–Trinajstić information content (AvgIpc) is 1.64. The maximum atomic E-state index is 5.62. The molecule has 0 spiro atoms. The molecule has 18 aromatic rings. The van der Waals surface area contributed by atoms with Crippen molar-refractivity contribution in [3.05, 3.63) is 216 Å². The van der Waals surface area contributed by atoms with Crippen molar-refractivity contribution in [1.29, 1.82) is 0 Å². The third-order valence-corrected chi connectivity index (χ3v) is 45.6. The minimum absolute atomic E-state index is 0.00105. The monoisotopic (exact) mass is 1890 g/mol. The van der Waals surface area contributed by atoms with Crippen molar-refractivity contribution in [2.45, 2.75) is 181 Å². The first-order valence-electron chi connectivity index (χ1n) is 39.0. The summed E-state index contributed by atoms with van der Waals surface area (Å²) < 4.78 is 6.49. The molecule has 113 heavy (non-hydrogen) atoms. The summed E-state index contributed by atoms with van der Waals surface area (Å²) in [6.45, 7) is 43.6. The van der Waals surface area contributed by atoms with Crippen LogP contribution in [0.15, 0.2) is 130 Å². The van der Waals surface area contributed by atoms with E-state index in [9.17, 15) is 0 Å². The van der Waals surface area contributed by atoms with Gasteiger partial charge in [0.2, 0.25) is 0 Å². The van der Waals surface area contributed by atoms with Gasteiger partial charge in [0.1, 0.15) is 5.01 Å². The Morgan fingerprint density at radius 2 is 0.717 bits per heavy atom. The fourth-order valence-electron chi connectivity index (χ4n) is 16.7. The van der Waals surface area contributed by atoms with E-state index in [1.54, 1.807) is 14.2 Å². The number of hydrogen-bond acceptors (Lipinski definition) is 12. The van der Waals surface area contributed by atoms with Crippen molar-refractivity contribution in [3.63, 3.8) is 0 Å². The number of thiazole rings is 2. The molecule has 10 aromatic heterocycles. The van der Waals surface area contributed by atoms with Gasteiger partial charge in [0.05, 0.1) is 25.3 Å². The van der Waals surface area contributed by atoms with Crippen LogP contribution in [-0.4, -0.2) is 28.3 Å². The van der Waals surface area contributed by atoms with E-state index in [1.165, 1.54) is 224 Å². The predicted octanol–water partition coefficient (Wildman–Crippen LogP) is 34.6. The normalized spacial score (nSPS) is 13.7. The number of allylic oxidation sites excluding steroid dienone is 2. The number of fused-ring (bicyclic) bond motifs is 12. The van der Waals surface area contributed by atoms with Crippen LogP contribution >= 0.6 is 145 Å². The van der Waals surface area contributed by atoms with E-state index in [-0.39, 0.29) is 21.7 Å². The Morgan fingerprint density at radius 3 is 1.19 bits per heavy atom. The van der Waals surface area contributed by atoms with Crippen LogP contribution in [0.3, 0.4) is 0 Å². The molecule has 2 aliphatic rings. The maximum absolute atomic E-state index is 5.62. The Labute approximate surface area is 726 Å². The van der Waals surface area contributed by atoms with Gasteiger partial charge in [-0.1, -0.05) is 111 Å². The van der Waals surface area contributed by atoms with Crippen molar-refractivity contribution in [2.75, 3.05) is 0 Å². The summed E-state index contributed by atoms with van der Waals surface area (Å²) in [5, 5.41) is 17.5. The molecule has 2 nitrogen and oxygen atoms in total. The Bertz CT molecular complexity index is 7000. The van der Waals surface area contributed by atoms with Crippen LogP contribution in [0.5, 0.6) is 0 Å². The molecule has 20 rings (SSSR count). The van der Waals surface area contributed by atoms with Crippen molar-refractivity contribution < 1.29 is 0 Å². The molecule has 15 heteroatoms. The van der Waals surface area contributed by atoms with Crippen molar-refractivity contribution in [2.24, 2.45) is 0 Å². The van der Waals surface area contributed by atoms with Gasteiger partial charge in [0.25, 0.3) is 0 Å². The van der Waals surface area contributed by atoms with Gasteiger partial charge in [-0.2, -0.15) is 0 Å². The summed E-state index contributed by atoms with van der Waals surface area (Å²) in [5.74, 6) is 0. The van der Waals surface area contributed by atoms with Gasteiger partial charge in [-0.3, -0.25) is 0 Å². The van der Waals surface area contributed by atoms with Gasteiger partial charge >= 0.3 is 177 Å². The van der Waals surface area contributed by atoms with E-state index in [0.29, 0.717) is 0 Å². The molecular weight excluding hydrogens is 1800 g/mol. The Balaban J connectivity index is 0.000000128. The van der Waals surface area contributed by atoms with Gasteiger partial charge in [0.15, 0.2) is 3.92 Å². The van der Waals surface area contributed by atoms with E-state index in [2.05, 4.69) is 312 Å². The molecule has 0 bridgehead atoms. The van der Waals surface area contributed by atoms with Crippen LogP contribution in [0.25, 0.3) is 161 Å². The third kappa shape index (κ3) is 14.0. The van der Waals surface area contributed by atoms with E-state index in [0.717, 1.165) is 32.8 Å². The third-order valence-electron chi connectivity index (χ3n) is 22.8. The number of nitrogens with zero attached hydrogens (tertiary/aromatic N) is 2. The van der Waals surface area contributed by atoms with E-state index in [1.807, 2.05) is 102 Å². The van der Waals surface area contributed by atoms with E-state index < -0.39 is 18.4 Å². The smallest absolute Gasteiger partial charge is 0.134 e. The summed E-state index contributed by atoms with van der Waals surface area (Å²) in [6, 6.07) is 47.6. The second-order valence-electron chi connectivity index (χ2n) is 36.7. The van der Waals surface area contributed by atoms with Crippen molar-refractivity contribution in [3.8, 4) is 58.7 Å². The van der Waals surface area contributed by atoms with Gasteiger partial charge < -0.3 is 0 Å². The number of aryl methyl sites for hydroxylation is 7. The number of halogens is 2. The summed E-state index contributed by atoms with van der Waals surface area (Å²) in [4.78, 5) is 38.9. The molecular formula is C98H92Br2N2S10Sn. The fourth-order valence-corrected chi connectivity index (χ4v) is 34.4. The van der Waals surface area contributed by atoms with E-state index >= 15 is 0 Å². The SMILES string of the molecule is CC(C)(C)c1cc2c3c(c4cc(C(C)(C)C)cc5c6sc(Br)nc6c(c1)c2c45)C=C(Br)C3.Cc1cc(C)c(-c2ccc(-c3ccc(-c4s[c]([Sn]([CH3])([CH3])[CH3])cc4C)s3)s2)s1.Cc1ccc(-c2sc(C3=Cc4c(c5cc(C(C)(C)C)cc6c7nc(-c8cc(C)c(-c9ccc(C)s9)s8)sc7c7cc(C(C)(C)C)cc4c7c56)C3)cc2C)s1. The molecule has 8 aromatic carbocycles. The van der Waals surface area contributed by atoms with E-state index in [4.69, 9.17) is 9.97 Å². The van der Waals surface area contributed by atoms with Crippen LogP contribution < -0.4 is 2.89 Å². The average molecular weight is 1900 g/mol. The quantitative estimate of drug-likeness (QED) is 0.112. The van der Waals surface area contributed by atoms with Crippen LogP contribution in [0.2, 0.25) is 14.8 Å². The molecule has 10 heterocycles. The standard InChI is InChI=1S/C48H43NS5.C28H25Br2NS.C19H15S4.3CH3.Sn/c1-23-15-38(52-43(23)36-13-11-25(3)50-36)27-17-30-31(18-27)33-20-29(48(8,9)10)22-35-41(33)40-32(30)19-28(47(5,6)7)21-34(40)42-45(35)54-46(49-42)39-16-24(2)44(53-39)37-14-12-26(4)51-37;1-27(2,3)13-7-18-16-11-15(29)12-17(16)19-8-14(28(4,5)6)10-21-23(19)22(18)20(9-13)24-25(21)32-26(30)31-24;1-11-8-9-20-18(11)16-6-4-14(22-16)15-5-7-17(23-15)19-12(2)10-13(3)21-19;;;;/h11-16,18-22H,17H2,1-10H3;7-10,12H,11H2,1-6H3;4-8,10H,1-3H3;3*1H3;. The van der Waals surface area contributed by atoms with Gasteiger partial charge in [-0.25, -0.2) is 9.97 Å². The molecule has 0 atom stereocenters. The van der Waals surface area contributed by atoms with Gasteiger partial charge in [-0.15, -0.1) is 68.0 Å². The minimum Gasteiger partial charge on any atom is -0.234 e. The molecule has 0 saturated carbocycles. The topological polar surface area (TPSA) is 25.8 Å². The zero-order valence-electron chi connectivity index (χ0n) is 68.3. The largest absolute Gasteiger partial charge is 0.234 e. The first-order valence-corrected chi connectivity index (χ1v) is 58.7. The first kappa shape index (κ1) is 78.6. The minimum atomic E-state index is -1.99.